The van der Waals surface area contributed by atoms with Gasteiger partial charge in [0.05, 0.1) is 0 Å². The number of aliphatic hydroxyl groups excluding tert-OH is 1. The number of allylic oxidation sites excluding steroid dienone is 1. The van der Waals surface area contributed by atoms with Gasteiger partial charge in [0, 0.05) is 11.8 Å². The lowest BCUT2D eigenvalue weighted by atomic mass is 9.50. The smallest absolute Gasteiger partial charge is 0.166 e. The third kappa shape index (κ3) is 2.56. The summed E-state index contributed by atoms with van der Waals surface area (Å²) >= 11 is 0. The zero-order valence-electron chi connectivity index (χ0n) is 16.8. The van der Waals surface area contributed by atoms with Crippen LogP contribution in [0.2, 0.25) is 0 Å². The van der Waals surface area contributed by atoms with E-state index in [0.717, 1.165) is 44.1 Å². The molecule has 3 saturated carbocycles. The van der Waals surface area contributed by atoms with Crippen molar-refractivity contribution in [2.75, 3.05) is 0 Å². The summed E-state index contributed by atoms with van der Waals surface area (Å²) in [6.45, 7) is 9.62. The fourth-order valence-corrected chi connectivity index (χ4v) is 7.34. The Morgan fingerprint density at radius 2 is 2.04 bits per heavy atom. The van der Waals surface area contributed by atoms with Crippen LogP contribution in [0.15, 0.2) is 23.8 Å². The quantitative estimate of drug-likeness (QED) is 0.601. The Morgan fingerprint density at radius 1 is 1.30 bits per heavy atom. The number of hydrogen-bond donors (Lipinski definition) is 1. The molecular formula is C23H32O4. The molecule has 4 nitrogen and oxygen atoms in total. The molecule has 4 aliphatic carbocycles. The minimum atomic E-state index is -1.07. The van der Waals surface area contributed by atoms with E-state index in [0.29, 0.717) is 30.1 Å². The van der Waals surface area contributed by atoms with Gasteiger partial charge in [-0.1, -0.05) is 19.1 Å². The summed E-state index contributed by atoms with van der Waals surface area (Å²) < 4.78 is 6.00. The Kier molecular flexibility index (Phi) is 4.51. The molecule has 4 rings (SSSR count). The third-order valence-corrected chi connectivity index (χ3v) is 8.30. The van der Waals surface area contributed by atoms with Crippen LogP contribution in [0.4, 0.5) is 0 Å². The number of aliphatic hydroxyl groups is 1. The van der Waals surface area contributed by atoms with Crippen molar-refractivity contribution in [3.63, 3.8) is 0 Å². The molecule has 0 spiro atoms. The van der Waals surface area contributed by atoms with E-state index in [1.165, 1.54) is 5.57 Å². The lowest BCUT2D eigenvalue weighted by Gasteiger charge is -2.56. The Morgan fingerprint density at radius 3 is 2.70 bits per heavy atom. The maximum Gasteiger partial charge on any atom is 0.166 e. The van der Waals surface area contributed by atoms with Crippen molar-refractivity contribution < 1.29 is 19.4 Å². The van der Waals surface area contributed by atoms with Crippen molar-refractivity contribution in [3.05, 3.63) is 23.8 Å². The third-order valence-electron chi connectivity index (χ3n) is 8.30. The van der Waals surface area contributed by atoms with E-state index in [1.807, 2.05) is 6.08 Å². The van der Waals surface area contributed by atoms with Crippen LogP contribution in [0, 0.1) is 29.1 Å². The van der Waals surface area contributed by atoms with Gasteiger partial charge in [-0.3, -0.25) is 9.59 Å². The Bertz CT molecular complexity index is 720. The van der Waals surface area contributed by atoms with Gasteiger partial charge in [-0.15, -0.1) is 0 Å². The van der Waals surface area contributed by atoms with E-state index in [9.17, 15) is 14.7 Å². The first-order valence-electron chi connectivity index (χ1n) is 10.5. The first-order valence-corrected chi connectivity index (χ1v) is 10.5. The van der Waals surface area contributed by atoms with Crippen LogP contribution in [0.5, 0.6) is 0 Å². The fraction of sp³-hybridized carbons (Fsp3) is 0.739. The van der Waals surface area contributed by atoms with Crippen LogP contribution < -0.4 is 0 Å². The van der Waals surface area contributed by atoms with Gasteiger partial charge in [-0.2, -0.15) is 0 Å². The number of Topliss-reactive ketones (excluding diaryl/α,β-unsaturated/α-hetero) is 1. The molecule has 0 heterocycles. The van der Waals surface area contributed by atoms with Crippen LogP contribution >= 0.6 is 0 Å². The zero-order chi connectivity index (χ0) is 19.6. The van der Waals surface area contributed by atoms with Crippen LogP contribution in [-0.4, -0.2) is 28.6 Å². The molecule has 7 atom stereocenters. The van der Waals surface area contributed by atoms with Gasteiger partial charge in [0.25, 0.3) is 0 Å². The number of fused-ring (bicyclic) bond motifs is 5. The first kappa shape index (κ1) is 19.1. The monoisotopic (exact) mass is 372 g/mol. The Balaban J connectivity index is 1.70. The number of rotatable bonds is 3. The van der Waals surface area contributed by atoms with Gasteiger partial charge in [-0.05, 0) is 87.7 Å². The average molecular weight is 373 g/mol. The molecule has 0 saturated heterocycles. The predicted molar refractivity (Wildman–Crippen MR) is 103 cm³/mol. The van der Waals surface area contributed by atoms with E-state index >= 15 is 0 Å². The van der Waals surface area contributed by atoms with Crippen molar-refractivity contribution >= 4 is 11.6 Å². The van der Waals surface area contributed by atoms with Gasteiger partial charge < -0.3 is 9.84 Å². The molecule has 3 fully saturated rings. The van der Waals surface area contributed by atoms with Crippen molar-refractivity contribution in [2.24, 2.45) is 29.1 Å². The summed E-state index contributed by atoms with van der Waals surface area (Å²) in [4.78, 5) is 24.7. The van der Waals surface area contributed by atoms with Crippen LogP contribution in [-0.2, 0) is 14.3 Å². The van der Waals surface area contributed by atoms with Crippen molar-refractivity contribution in [2.45, 2.75) is 77.6 Å². The van der Waals surface area contributed by atoms with Crippen molar-refractivity contribution in [1.82, 2.24) is 0 Å². The minimum Gasteiger partial charge on any atom is -0.368 e. The normalized spacial score (nSPS) is 44.8. The van der Waals surface area contributed by atoms with Gasteiger partial charge in [-0.25, -0.2) is 0 Å². The number of ether oxygens (including phenoxy) is 1. The van der Waals surface area contributed by atoms with Crippen molar-refractivity contribution in [3.8, 4) is 0 Å². The molecule has 4 heteroatoms. The van der Waals surface area contributed by atoms with E-state index in [2.05, 4.69) is 13.5 Å². The fourth-order valence-electron chi connectivity index (χ4n) is 7.34. The minimum absolute atomic E-state index is 0.0310. The summed E-state index contributed by atoms with van der Waals surface area (Å²) in [7, 11) is 0. The standard InChI is InChI=1S/C23H32O4/c1-13-11-21-20-7-5-16-12-17(26)6-8-18(16)19(20)9-10-22(21,4)23(13,14(2)24)27-15(3)25/h12,15,18-21,25H,1,5-11H2,2-4H3/t15?,18-,19+,20+,21-,22-,23-/m0/s1. The molecule has 0 aromatic carbocycles. The molecule has 27 heavy (non-hydrogen) atoms. The summed E-state index contributed by atoms with van der Waals surface area (Å²) in [6.07, 6.45) is 7.42. The largest absolute Gasteiger partial charge is 0.368 e. The molecule has 0 aromatic rings. The lowest BCUT2D eigenvalue weighted by molar-refractivity contribution is -0.213. The number of carbonyl (C=O) groups is 2. The maximum absolute atomic E-state index is 12.9. The number of carbonyl (C=O) groups excluding carboxylic acids is 2. The van der Waals surface area contributed by atoms with E-state index < -0.39 is 11.9 Å². The average Bonchev–Trinajstić information content (AvgIpc) is 2.82. The van der Waals surface area contributed by atoms with Crippen molar-refractivity contribution in [1.29, 1.82) is 0 Å². The SMILES string of the molecule is C=C1C[C@H]2[C@@H]3CCC4=CC(=O)CC[C@@H]4[C@H]3CC[C@]2(C)[C@@]1(OC(C)O)C(C)=O. The second-order valence-electron chi connectivity index (χ2n) is 9.52. The number of ketones is 2. The lowest BCUT2D eigenvalue weighted by Crippen LogP contribution is -2.58. The van der Waals surface area contributed by atoms with Gasteiger partial charge in [0.15, 0.2) is 23.5 Å². The van der Waals surface area contributed by atoms with Crippen LogP contribution in [0.1, 0.15) is 65.7 Å². The molecule has 0 radical (unpaired) electrons. The van der Waals surface area contributed by atoms with Crippen LogP contribution in [0.25, 0.3) is 0 Å². The van der Waals surface area contributed by atoms with Crippen LogP contribution in [0.3, 0.4) is 0 Å². The molecule has 148 valence electrons. The molecule has 0 aromatic heterocycles. The molecule has 0 amide bonds. The molecule has 1 unspecified atom stereocenters. The Hall–Kier alpha value is -1.26. The summed E-state index contributed by atoms with van der Waals surface area (Å²) in [5.74, 6) is 2.27. The zero-order valence-corrected chi connectivity index (χ0v) is 16.8. The van der Waals surface area contributed by atoms with Gasteiger partial charge >= 0.3 is 0 Å². The highest BCUT2D eigenvalue weighted by atomic mass is 16.6. The summed E-state index contributed by atoms with van der Waals surface area (Å²) in [5, 5.41) is 10.0. The molecule has 4 aliphatic rings. The van der Waals surface area contributed by atoms with E-state index in [-0.39, 0.29) is 17.0 Å². The highest BCUT2D eigenvalue weighted by Crippen LogP contribution is 2.67. The first-order chi connectivity index (χ1) is 12.7. The highest BCUT2D eigenvalue weighted by Gasteiger charge is 2.67. The highest BCUT2D eigenvalue weighted by molar-refractivity contribution is 5.91. The van der Waals surface area contributed by atoms with Gasteiger partial charge in [0.1, 0.15) is 0 Å². The Labute approximate surface area is 162 Å². The van der Waals surface area contributed by atoms with Gasteiger partial charge in [0.2, 0.25) is 0 Å². The maximum atomic E-state index is 12.9. The predicted octanol–water partition coefficient (Wildman–Crippen LogP) is 3.98. The molecular weight excluding hydrogens is 340 g/mol. The molecule has 1 N–H and O–H groups in total. The second kappa shape index (κ2) is 6.38. The van der Waals surface area contributed by atoms with E-state index in [1.54, 1.807) is 13.8 Å². The molecule has 0 aliphatic heterocycles. The molecule has 0 bridgehead atoms. The number of hydrogen-bond acceptors (Lipinski definition) is 4. The second-order valence-corrected chi connectivity index (χ2v) is 9.52. The topological polar surface area (TPSA) is 63.6 Å². The van der Waals surface area contributed by atoms with E-state index in [4.69, 9.17) is 4.74 Å². The summed E-state index contributed by atoms with van der Waals surface area (Å²) in [6, 6.07) is 0. The summed E-state index contributed by atoms with van der Waals surface area (Å²) in [5.41, 5.74) is 0.810.